The average Bonchev–Trinajstić information content (AvgIpc) is 3.10. The van der Waals surface area contributed by atoms with Crippen LogP contribution in [-0.2, 0) is 11.3 Å². The first-order valence-electron chi connectivity index (χ1n) is 7.65. The summed E-state index contributed by atoms with van der Waals surface area (Å²) in [5.74, 6) is -1.99. The maximum absolute atomic E-state index is 11.3. The van der Waals surface area contributed by atoms with Crippen molar-refractivity contribution in [2.75, 3.05) is 0 Å². The third-order valence-corrected chi connectivity index (χ3v) is 5.25. The summed E-state index contributed by atoms with van der Waals surface area (Å²) in [6.45, 7) is 0.310. The lowest BCUT2D eigenvalue weighted by Gasteiger charge is -2.04. The lowest BCUT2D eigenvalue weighted by atomic mass is 10.0. The van der Waals surface area contributed by atoms with Gasteiger partial charge < -0.3 is 15.3 Å². The van der Waals surface area contributed by atoms with Gasteiger partial charge in [-0.05, 0) is 30.8 Å². The third kappa shape index (κ3) is 3.44. The minimum absolute atomic E-state index is 0.00845. The number of rotatable bonds is 6. The fourth-order valence-corrected chi connectivity index (χ4v) is 3.95. The fraction of sp³-hybridized carbons (Fsp3) is 0.176. The van der Waals surface area contributed by atoms with Crippen molar-refractivity contribution in [2.45, 2.75) is 19.4 Å². The van der Waals surface area contributed by atoms with Gasteiger partial charge in [-0.15, -0.1) is 11.3 Å². The molecule has 0 amide bonds. The Kier molecular flexibility index (Phi) is 5.01. The topological polar surface area (TPSA) is 112 Å². The van der Waals surface area contributed by atoms with Gasteiger partial charge >= 0.3 is 11.9 Å². The van der Waals surface area contributed by atoms with Crippen LogP contribution >= 0.6 is 23.6 Å². The third-order valence-electron chi connectivity index (χ3n) is 3.86. The number of carboxylic acids is 2. The number of hydrogen-bond acceptors (Lipinski definition) is 6. The van der Waals surface area contributed by atoms with E-state index in [9.17, 15) is 19.8 Å². The summed E-state index contributed by atoms with van der Waals surface area (Å²) in [5, 5.41) is 28.4. The molecule has 2 aromatic rings. The number of thiazole rings is 1. The van der Waals surface area contributed by atoms with Crippen LogP contribution in [0.25, 0.3) is 11.6 Å². The Morgan fingerprint density at radius 2 is 2.08 bits per heavy atom. The Hall–Kier alpha value is -2.78. The molecule has 0 aliphatic carbocycles. The number of benzene rings is 1. The maximum atomic E-state index is 11.3. The Morgan fingerprint density at radius 1 is 1.31 bits per heavy atom. The molecule has 0 fully saturated rings. The average molecular weight is 390 g/mol. The Balaban J connectivity index is 1.93. The molecule has 1 aliphatic heterocycles. The highest BCUT2D eigenvalue weighted by Crippen LogP contribution is 2.38. The maximum Gasteiger partial charge on any atom is 0.337 e. The molecule has 1 aromatic carbocycles. The standard InChI is InChI=1S/C17H14N2O5S2/c20-13(21)5-2-6-19-15(22)12(26-17(19)25)7-9-8-18-14-10(9)3-1-4-11(14)16(23)24/h1,3-4,7-8,22H,2,5-6H2,(H,20,21)(H,23,24)/b9-7-. The van der Waals surface area contributed by atoms with Crippen molar-refractivity contribution in [3.05, 3.63) is 38.2 Å². The Bertz CT molecular complexity index is 1020. The van der Waals surface area contributed by atoms with E-state index >= 15 is 0 Å². The van der Waals surface area contributed by atoms with E-state index in [-0.39, 0.29) is 17.9 Å². The predicted molar refractivity (Wildman–Crippen MR) is 101 cm³/mol. The molecule has 0 saturated carbocycles. The van der Waals surface area contributed by atoms with Gasteiger partial charge in [0.25, 0.3) is 0 Å². The van der Waals surface area contributed by atoms with E-state index in [0.717, 1.165) is 0 Å². The first-order valence-corrected chi connectivity index (χ1v) is 8.88. The van der Waals surface area contributed by atoms with Gasteiger partial charge in [-0.25, -0.2) is 4.79 Å². The van der Waals surface area contributed by atoms with Crippen molar-refractivity contribution in [3.8, 4) is 5.88 Å². The molecule has 7 nitrogen and oxygen atoms in total. The molecule has 0 bridgehead atoms. The van der Waals surface area contributed by atoms with Crippen LogP contribution in [0.2, 0.25) is 0 Å². The van der Waals surface area contributed by atoms with Crippen LogP contribution in [-0.4, -0.2) is 38.0 Å². The number of carboxylic acid groups (broad SMARTS) is 2. The Morgan fingerprint density at radius 3 is 2.77 bits per heavy atom. The molecule has 9 heteroatoms. The molecule has 0 saturated heterocycles. The van der Waals surface area contributed by atoms with E-state index in [1.165, 1.54) is 22.0 Å². The number of aromatic nitrogens is 1. The summed E-state index contributed by atoms with van der Waals surface area (Å²) < 4.78 is 1.94. The van der Waals surface area contributed by atoms with Crippen LogP contribution in [0.3, 0.4) is 0 Å². The van der Waals surface area contributed by atoms with Gasteiger partial charge in [0.15, 0.2) is 3.95 Å². The normalized spacial score (nSPS) is 13.9. The van der Waals surface area contributed by atoms with Crippen molar-refractivity contribution in [1.82, 2.24) is 4.57 Å². The molecule has 0 unspecified atom stereocenters. The molecule has 0 radical (unpaired) electrons. The summed E-state index contributed by atoms with van der Waals surface area (Å²) in [5.41, 5.74) is 1.84. The predicted octanol–water partition coefficient (Wildman–Crippen LogP) is 3.80. The van der Waals surface area contributed by atoms with Crippen molar-refractivity contribution >= 4 is 59.0 Å². The second kappa shape index (κ2) is 7.22. The lowest BCUT2D eigenvalue weighted by Crippen LogP contribution is -2.01. The highest BCUT2D eigenvalue weighted by atomic mass is 32.1. The number of para-hydroxylation sites is 1. The molecular formula is C17H14N2O5S2. The number of fused-ring (bicyclic) bond motifs is 1. The van der Waals surface area contributed by atoms with Crippen molar-refractivity contribution in [1.29, 1.82) is 0 Å². The van der Waals surface area contributed by atoms with E-state index in [0.29, 0.717) is 38.6 Å². The summed E-state index contributed by atoms with van der Waals surface area (Å²) in [4.78, 5) is 26.6. The van der Waals surface area contributed by atoms with Crippen LogP contribution in [0.5, 0.6) is 5.88 Å². The molecule has 0 spiro atoms. The van der Waals surface area contributed by atoms with Crippen LogP contribution in [0, 0.1) is 3.95 Å². The van der Waals surface area contributed by atoms with Crippen molar-refractivity contribution in [3.63, 3.8) is 0 Å². The quantitative estimate of drug-likeness (QED) is 0.647. The van der Waals surface area contributed by atoms with E-state index in [2.05, 4.69) is 4.99 Å². The van der Waals surface area contributed by atoms with Gasteiger partial charge in [0.1, 0.15) is 0 Å². The SMILES string of the molecule is O=C(O)CCCn1c(O)c(/C=C2/C=Nc3c(C(=O)O)cccc32)sc1=S. The zero-order valence-electron chi connectivity index (χ0n) is 13.4. The minimum atomic E-state index is -1.05. The summed E-state index contributed by atoms with van der Waals surface area (Å²) >= 11 is 6.44. The van der Waals surface area contributed by atoms with E-state index in [1.807, 2.05) is 0 Å². The zero-order chi connectivity index (χ0) is 18.8. The number of aliphatic imine (C=N–C) groups is 1. The number of nitrogens with zero attached hydrogens (tertiary/aromatic N) is 2. The molecular weight excluding hydrogens is 376 g/mol. The molecule has 0 atom stereocenters. The van der Waals surface area contributed by atoms with Gasteiger partial charge in [0.2, 0.25) is 5.88 Å². The highest BCUT2D eigenvalue weighted by molar-refractivity contribution is 7.73. The van der Waals surface area contributed by atoms with Gasteiger partial charge in [-0.2, -0.15) is 0 Å². The van der Waals surface area contributed by atoms with Crippen molar-refractivity contribution < 1.29 is 24.9 Å². The van der Waals surface area contributed by atoms with Crippen LogP contribution in [0.15, 0.2) is 23.2 Å². The summed E-state index contributed by atoms with van der Waals surface area (Å²) in [6, 6.07) is 4.90. The van der Waals surface area contributed by atoms with Crippen LogP contribution < -0.4 is 0 Å². The number of allylic oxidation sites excluding steroid dienone is 1. The highest BCUT2D eigenvalue weighted by Gasteiger charge is 2.20. The minimum Gasteiger partial charge on any atom is -0.493 e. The fourth-order valence-electron chi connectivity index (χ4n) is 2.64. The molecule has 1 aliphatic rings. The monoisotopic (exact) mass is 390 g/mol. The molecule has 26 heavy (non-hydrogen) atoms. The van der Waals surface area contributed by atoms with E-state index < -0.39 is 11.9 Å². The van der Waals surface area contributed by atoms with E-state index in [1.54, 1.807) is 24.4 Å². The first-order chi connectivity index (χ1) is 12.4. The van der Waals surface area contributed by atoms with Crippen LogP contribution in [0.1, 0.15) is 33.6 Å². The second-order valence-electron chi connectivity index (χ2n) is 5.57. The number of aromatic hydroxyl groups is 1. The molecule has 1 aromatic heterocycles. The summed E-state index contributed by atoms with van der Waals surface area (Å²) in [7, 11) is 0. The van der Waals surface area contributed by atoms with Gasteiger partial charge in [-0.1, -0.05) is 12.1 Å². The number of carbonyl (C=O) groups is 2. The summed E-state index contributed by atoms with van der Waals surface area (Å²) in [6.07, 6.45) is 3.60. The lowest BCUT2D eigenvalue weighted by molar-refractivity contribution is -0.137. The largest absolute Gasteiger partial charge is 0.493 e. The number of aliphatic carboxylic acids is 1. The molecule has 2 heterocycles. The molecule has 3 rings (SSSR count). The number of aromatic carboxylic acids is 1. The van der Waals surface area contributed by atoms with Gasteiger partial charge in [-0.3, -0.25) is 14.4 Å². The van der Waals surface area contributed by atoms with E-state index in [4.69, 9.17) is 17.3 Å². The first kappa shape index (κ1) is 18.0. The van der Waals surface area contributed by atoms with Crippen molar-refractivity contribution in [2.24, 2.45) is 4.99 Å². The smallest absolute Gasteiger partial charge is 0.337 e. The Labute approximate surface area is 157 Å². The zero-order valence-corrected chi connectivity index (χ0v) is 15.0. The molecule has 3 N–H and O–H groups in total. The number of hydrogen-bond donors (Lipinski definition) is 3. The van der Waals surface area contributed by atoms with Crippen LogP contribution in [0.4, 0.5) is 5.69 Å². The molecule has 134 valence electrons. The van der Waals surface area contributed by atoms with Gasteiger partial charge in [0, 0.05) is 30.3 Å². The second-order valence-corrected chi connectivity index (χ2v) is 7.25. The van der Waals surface area contributed by atoms with Gasteiger partial charge in [0.05, 0.1) is 16.1 Å².